The molecule has 0 aliphatic carbocycles. The number of carbonyl (C=O) groups excluding carboxylic acids is 2. The minimum atomic E-state index is -0.0268. The van der Waals surface area contributed by atoms with Crippen molar-refractivity contribution in [3.05, 3.63) is 60.2 Å². The summed E-state index contributed by atoms with van der Waals surface area (Å²) in [6.45, 7) is 5.21. The van der Waals surface area contributed by atoms with Crippen LogP contribution in [-0.2, 0) is 16.1 Å². The Morgan fingerprint density at radius 2 is 1.69 bits per heavy atom. The number of ether oxygens (including phenoxy) is 1. The molecule has 1 aliphatic rings. The van der Waals surface area contributed by atoms with E-state index in [1.165, 1.54) is 5.56 Å². The molecule has 0 amide bonds. The van der Waals surface area contributed by atoms with Crippen molar-refractivity contribution >= 4 is 12.3 Å². The van der Waals surface area contributed by atoms with Gasteiger partial charge in [-0.1, -0.05) is 0 Å². The Morgan fingerprint density at radius 1 is 1.12 bits per heavy atom. The topological polar surface area (TPSA) is 72.4 Å². The molecular formula is C20H25N3O3. The fraction of sp³-hybridized carbons (Fsp3) is 0.400. The third-order valence-corrected chi connectivity index (χ3v) is 4.21. The molecule has 3 heterocycles. The number of rotatable bonds is 5. The average molecular weight is 355 g/mol. The number of likely N-dealkylation sites (tertiary alicyclic amines) is 1. The summed E-state index contributed by atoms with van der Waals surface area (Å²) in [5.41, 5.74) is 1.94. The predicted octanol–water partition coefficient (Wildman–Crippen LogP) is 2.75. The van der Waals surface area contributed by atoms with Gasteiger partial charge in [0.05, 0.1) is 12.5 Å². The van der Waals surface area contributed by atoms with E-state index in [-0.39, 0.29) is 11.9 Å². The van der Waals surface area contributed by atoms with Gasteiger partial charge in [0.25, 0.3) is 0 Å². The Labute approximate surface area is 154 Å². The van der Waals surface area contributed by atoms with Gasteiger partial charge in [-0.25, -0.2) is 0 Å². The van der Waals surface area contributed by atoms with Gasteiger partial charge in [-0.2, -0.15) is 0 Å². The number of carbonyl (C=O) groups is 2. The van der Waals surface area contributed by atoms with Gasteiger partial charge in [0.1, 0.15) is 6.29 Å². The van der Waals surface area contributed by atoms with Crippen LogP contribution in [0.3, 0.4) is 0 Å². The highest BCUT2D eigenvalue weighted by Gasteiger charge is 2.25. The molecule has 138 valence electrons. The highest BCUT2D eigenvalue weighted by atomic mass is 16.5. The van der Waals surface area contributed by atoms with Gasteiger partial charge in [0.2, 0.25) is 0 Å². The molecule has 26 heavy (non-hydrogen) atoms. The zero-order valence-corrected chi connectivity index (χ0v) is 15.1. The molecule has 0 radical (unpaired) electrons. The SMILES string of the molecule is CCOC(=O)C1CCN(Cc2ccncc2)CC1.O=Cc1ccncc1. The zero-order valence-electron chi connectivity index (χ0n) is 15.1. The Morgan fingerprint density at radius 3 is 2.19 bits per heavy atom. The second-order valence-electron chi connectivity index (χ2n) is 6.06. The first-order chi connectivity index (χ1) is 12.7. The molecule has 1 saturated heterocycles. The third-order valence-electron chi connectivity index (χ3n) is 4.21. The molecule has 0 saturated carbocycles. The Balaban J connectivity index is 0.000000254. The van der Waals surface area contributed by atoms with Crippen molar-refractivity contribution in [1.29, 1.82) is 0 Å². The van der Waals surface area contributed by atoms with Gasteiger partial charge in [0.15, 0.2) is 0 Å². The molecule has 6 heteroatoms. The van der Waals surface area contributed by atoms with Crippen molar-refractivity contribution in [2.24, 2.45) is 5.92 Å². The number of hydrogen-bond acceptors (Lipinski definition) is 6. The van der Waals surface area contributed by atoms with Crippen LogP contribution in [0.15, 0.2) is 49.1 Å². The summed E-state index contributed by atoms with van der Waals surface area (Å²) < 4.78 is 5.07. The van der Waals surface area contributed by atoms with Crippen LogP contribution in [-0.4, -0.2) is 46.8 Å². The fourth-order valence-electron chi connectivity index (χ4n) is 2.78. The van der Waals surface area contributed by atoms with Gasteiger partial charge < -0.3 is 4.74 Å². The summed E-state index contributed by atoms with van der Waals surface area (Å²) in [6.07, 6.45) is 9.42. The van der Waals surface area contributed by atoms with Gasteiger partial charge in [-0.05, 0) is 62.7 Å². The van der Waals surface area contributed by atoms with Crippen LogP contribution in [0.4, 0.5) is 0 Å². The Bertz CT molecular complexity index is 657. The van der Waals surface area contributed by atoms with Crippen LogP contribution in [0.25, 0.3) is 0 Å². The lowest BCUT2D eigenvalue weighted by Crippen LogP contribution is -2.36. The van der Waals surface area contributed by atoms with E-state index in [4.69, 9.17) is 4.74 Å². The quantitative estimate of drug-likeness (QED) is 0.607. The summed E-state index contributed by atoms with van der Waals surface area (Å²) in [6, 6.07) is 7.40. The average Bonchev–Trinajstić information content (AvgIpc) is 2.71. The van der Waals surface area contributed by atoms with E-state index in [9.17, 15) is 9.59 Å². The van der Waals surface area contributed by atoms with Crippen molar-refractivity contribution in [2.45, 2.75) is 26.3 Å². The molecule has 3 rings (SSSR count). The molecule has 0 spiro atoms. The Hall–Kier alpha value is -2.60. The third kappa shape index (κ3) is 6.72. The van der Waals surface area contributed by atoms with E-state index in [1.807, 2.05) is 31.5 Å². The number of piperidine rings is 1. The van der Waals surface area contributed by atoms with Crippen molar-refractivity contribution in [2.75, 3.05) is 19.7 Å². The molecule has 2 aromatic heterocycles. The minimum absolute atomic E-state index is 0.0268. The van der Waals surface area contributed by atoms with Crippen LogP contribution in [0.5, 0.6) is 0 Å². The minimum Gasteiger partial charge on any atom is -0.466 e. The molecule has 0 bridgehead atoms. The zero-order chi connectivity index (χ0) is 18.6. The normalized spacial score (nSPS) is 14.8. The van der Waals surface area contributed by atoms with Crippen molar-refractivity contribution in [3.8, 4) is 0 Å². The van der Waals surface area contributed by atoms with E-state index in [0.29, 0.717) is 12.2 Å². The number of aromatic nitrogens is 2. The first-order valence-corrected chi connectivity index (χ1v) is 8.86. The van der Waals surface area contributed by atoms with E-state index in [1.54, 1.807) is 24.5 Å². The lowest BCUT2D eigenvalue weighted by molar-refractivity contribution is -0.149. The molecule has 1 aliphatic heterocycles. The number of esters is 1. The van der Waals surface area contributed by atoms with Crippen LogP contribution in [0, 0.1) is 5.92 Å². The highest BCUT2D eigenvalue weighted by molar-refractivity contribution is 5.74. The summed E-state index contributed by atoms with van der Waals surface area (Å²) in [4.78, 5) is 31.7. The smallest absolute Gasteiger partial charge is 0.309 e. The lowest BCUT2D eigenvalue weighted by Gasteiger charge is -2.30. The number of hydrogen-bond donors (Lipinski definition) is 0. The van der Waals surface area contributed by atoms with Crippen LogP contribution < -0.4 is 0 Å². The number of aldehydes is 1. The van der Waals surface area contributed by atoms with E-state index >= 15 is 0 Å². The van der Waals surface area contributed by atoms with E-state index < -0.39 is 0 Å². The molecule has 0 N–H and O–H groups in total. The van der Waals surface area contributed by atoms with Gasteiger partial charge in [-0.3, -0.25) is 24.5 Å². The van der Waals surface area contributed by atoms with Crippen LogP contribution in [0.2, 0.25) is 0 Å². The van der Waals surface area contributed by atoms with Crippen molar-refractivity contribution < 1.29 is 14.3 Å². The molecule has 6 nitrogen and oxygen atoms in total. The number of pyridine rings is 2. The van der Waals surface area contributed by atoms with Gasteiger partial charge in [0, 0.05) is 36.9 Å². The molecule has 0 atom stereocenters. The van der Waals surface area contributed by atoms with E-state index in [2.05, 4.69) is 14.9 Å². The highest BCUT2D eigenvalue weighted by Crippen LogP contribution is 2.20. The standard InChI is InChI=1S/C14H20N2O2.C6H5NO/c1-2-18-14(17)13-5-9-16(10-6-13)11-12-3-7-15-8-4-12;8-5-6-1-3-7-4-2-6/h3-4,7-8,13H,2,5-6,9-11H2,1H3;1-5H. The molecule has 0 aromatic carbocycles. The molecule has 2 aromatic rings. The van der Waals surface area contributed by atoms with Crippen LogP contribution in [0.1, 0.15) is 35.7 Å². The summed E-state index contributed by atoms with van der Waals surface area (Å²) in [7, 11) is 0. The first kappa shape index (κ1) is 19.7. The lowest BCUT2D eigenvalue weighted by atomic mass is 9.97. The molecular weight excluding hydrogens is 330 g/mol. The Kier molecular flexibility index (Phi) is 8.42. The maximum Gasteiger partial charge on any atom is 0.309 e. The molecule has 0 unspecified atom stereocenters. The molecule has 1 fully saturated rings. The summed E-state index contributed by atoms with van der Waals surface area (Å²) in [5, 5.41) is 0. The monoisotopic (exact) mass is 355 g/mol. The number of nitrogens with zero attached hydrogens (tertiary/aromatic N) is 3. The van der Waals surface area contributed by atoms with Crippen molar-refractivity contribution in [3.63, 3.8) is 0 Å². The van der Waals surface area contributed by atoms with Crippen LogP contribution >= 0.6 is 0 Å². The largest absolute Gasteiger partial charge is 0.466 e. The first-order valence-electron chi connectivity index (χ1n) is 8.86. The maximum absolute atomic E-state index is 11.6. The van der Waals surface area contributed by atoms with Gasteiger partial charge >= 0.3 is 5.97 Å². The van der Waals surface area contributed by atoms with E-state index in [0.717, 1.165) is 38.8 Å². The van der Waals surface area contributed by atoms with Gasteiger partial charge in [-0.15, -0.1) is 0 Å². The fourth-order valence-corrected chi connectivity index (χ4v) is 2.78. The summed E-state index contributed by atoms with van der Waals surface area (Å²) in [5.74, 6) is 0.0692. The second-order valence-corrected chi connectivity index (χ2v) is 6.06. The predicted molar refractivity (Wildman–Crippen MR) is 98.5 cm³/mol. The van der Waals surface area contributed by atoms with Crippen molar-refractivity contribution in [1.82, 2.24) is 14.9 Å². The second kappa shape index (κ2) is 11.1. The maximum atomic E-state index is 11.6. The summed E-state index contributed by atoms with van der Waals surface area (Å²) >= 11 is 0.